The molecule has 0 aliphatic carbocycles. The number of hydrogen-bond donors (Lipinski definition) is 7. The van der Waals surface area contributed by atoms with Crippen molar-refractivity contribution in [2.75, 3.05) is 6.54 Å². The number of unbranched alkanes of at least 4 members (excludes halogenated alkanes) is 1. The first-order chi connectivity index (χ1) is 17.0. The molecule has 0 bridgehead atoms. The number of carbonyl (C=O) groups is 4. The van der Waals surface area contributed by atoms with Gasteiger partial charge in [-0.3, -0.25) is 14.4 Å². The standard InChI is InChI=1S/C25H41N5O6/c1-15(2)13-18(27)22(32)30-21(16(3)31)24(34)28-19(11-7-8-12-26)23(33)29-20(25(35)36)14-17-9-5-4-6-10-17/h4-6,9-10,15-16,18-21,31H,7-8,11-14,26-27H2,1-3H3,(H,28,34)(H,29,33)(H,30,32)(H,35,36). The normalized spacial score (nSPS) is 15.3. The van der Waals surface area contributed by atoms with Crippen molar-refractivity contribution in [1.29, 1.82) is 0 Å². The van der Waals surface area contributed by atoms with Gasteiger partial charge in [0, 0.05) is 6.42 Å². The number of nitrogens with one attached hydrogen (secondary N) is 3. The smallest absolute Gasteiger partial charge is 0.326 e. The maximum atomic E-state index is 13.0. The molecule has 202 valence electrons. The highest BCUT2D eigenvalue weighted by molar-refractivity contribution is 5.94. The fourth-order valence-electron chi connectivity index (χ4n) is 3.63. The predicted molar refractivity (Wildman–Crippen MR) is 136 cm³/mol. The van der Waals surface area contributed by atoms with Gasteiger partial charge in [0.15, 0.2) is 0 Å². The highest BCUT2D eigenvalue weighted by atomic mass is 16.4. The summed E-state index contributed by atoms with van der Waals surface area (Å²) in [5.41, 5.74) is 12.2. The van der Waals surface area contributed by atoms with E-state index in [1.807, 2.05) is 13.8 Å². The molecule has 0 aliphatic rings. The Kier molecular flexibility index (Phi) is 13.7. The molecule has 11 heteroatoms. The summed E-state index contributed by atoms with van der Waals surface area (Å²) in [6.45, 7) is 5.52. The summed E-state index contributed by atoms with van der Waals surface area (Å²) in [7, 11) is 0. The number of carboxylic acids is 1. The van der Waals surface area contributed by atoms with E-state index < -0.39 is 54.0 Å². The Morgan fingerprint density at radius 1 is 0.889 bits per heavy atom. The summed E-state index contributed by atoms with van der Waals surface area (Å²) in [6, 6.07) is 4.32. The SMILES string of the molecule is CC(C)CC(N)C(=O)NC(C(=O)NC(CCCCN)C(=O)NC(Cc1ccccc1)C(=O)O)C(C)O. The van der Waals surface area contributed by atoms with Crippen LogP contribution < -0.4 is 27.4 Å². The zero-order chi connectivity index (χ0) is 27.3. The third-order valence-electron chi connectivity index (χ3n) is 5.60. The van der Waals surface area contributed by atoms with Crippen LogP contribution in [0, 0.1) is 5.92 Å². The first-order valence-corrected chi connectivity index (χ1v) is 12.3. The Labute approximate surface area is 212 Å². The molecular formula is C25H41N5O6. The molecule has 11 nitrogen and oxygen atoms in total. The molecule has 0 aliphatic heterocycles. The van der Waals surface area contributed by atoms with E-state index in [0.717, 1.165) is 5.56 Å². The number of aliphatic hydroxyl groups is 1. The zero-order valence-electron chi connectivity index (χ0n) is 21.3. The minimum absolute atomic E-state index is 0.0610. The van der Waals surface area contributed by atoms with Crippen LogP contribution in [-0.2, 0) is 25.6 Å². The van der Waals surface area contributed by atoms with Gasteiger partial charge in [0.1, 0.15) is 18.1 Å². The Balaban J connectivity index is 2.97. The number of benzene rings is 1. The Morgan fingerprint density at radius 2 is 1.50 bits per heavy atom. The fraction of sp³-hybridized carbons (Fsp3) is 0.600. The number of amides is 3. The minimum atomic E-state index is -1.35. The number of carbonyl (C=O) groups excluding carboxylic acids is 3. The van der Waals surface area contributed by atoms with Gasteiger partial charge < -0.3 is 37.6 Å². The van der Waals surface area contributed by atoms with E-state index in [0.29, 0.717) is 25.8 Å². The van der Waals surface area contributed by atoms with Gasteiger partial charge in [-0.15, -0.1) is 0 Å². The predicted octanol–water partition coefficient (Wildman–Crippen LogP) is -0.349. The molecule has 36 heavy (non-hydrogen) atoms. The van der Waals surface area contributed by atoms with E-state index in [1.165, 1.54) is 6.92 Å². The highest BCUT2D eigenvalue weighted by Gasteiger charge is 2.32. The van der Waals surface area contributed by atoms with Crippen LogP contribution in [0.25, 0.3) is 0 Å². The van der Waals surface area contributed by atoms with E-state index >= 15 is 0 Å². The largest absolute Gasteiger partial charge is 0.480 e. The molecule has 0 aromatic heterocycles. The number of hydrogen-bond acceptors (Lipinski definition) is 7. The van der Waals surface area contributed by atoms with E-state index in [2.05, 4.69) is 16.0 Å². The van der Waals surface area contributed by atoms with Crippen molar-refractivity contribution in [3.63, 3.8) is 0 Å². The van der Waals surface area contributed by atoms with Gasteiger partial charge in [0.2, 0.25) is 17.7 Å². The Hall–Kier alpha value is -3.02. The van der Waals surface area contributed by atoms with E-state index in [9.17, 15) is 29.4 Å². The van der Waals surface area contributed by atoms with Crippen molar-refractivity contribution in [3.05, 3.63) is 35.9 Å². The van der Waals surface area contributed by atoms with Gasteiger partial charge in [0.05, 0.1) is 12.1 Å². The fourth-order valence-corrected chi connectivity index (χ4v) is 3.63. The van der Waals surface area contributed by atoms with Crippen LogP contribution in [0.4, 0.5) is 0 Å². The molecule has 0 heterocycles. The maximum Gasteiger partial charge on any atom is 0.326 e. The zero-order valence-corrected chi connectivity index (χ0v) is 21.3. The summed E-state index contributed by atoms with van der Waals surface area (Å²) < 4.78 is 0. The summed E-state index contributed by atoms with van der Waals surface area (Å²) in [4.78, 5) is 50.2. The second-order valence-electron chi connectivity index (χ2n) is 9.40. The van der Waals surface area contributed by atoms with Gasteiger partial charge in [-0.1, -0.05) is 44.2 Å². The van der Waals surface area contributed by atoms with Crippen LogP contribution in [0.15, 0.2) is 30.3 Å². The third-order valence-corrected chi connectivity index (χ3v) is 5.60. The lowest BCUT2D eigenvalue weighted by Gasteiger charge is -2.26. The molecule has 0 radical (unpaired) electrons. The summed E-state index contributed by atoms with van der Waals surface area (Å²) in [6.07, 6.45) is 0.466. The second-order valence-corrected chi connectivity index (χ2v) is 9.40. The van der Waals surface area contributed by atoms with Crippen LogP contribution in [0.1, 0.15) is 52.0 Å². The van der Waals surface area contributed by atoms with Crippen LogP contribution in [0.3, 0.4) is 0 Å². The molecular weight excluding hydrogens is 466 g/mol. The van der Waals surface area contributed by atoms with Crippen LogP contribution >= 0.6 is 0 Å². The lowest BCUT2D eigenvalue weighted by Crippen LogP contribution is -2.60. The quantitative estimate of drug-likeness (QED) is 0.147. The monoisotopic (exact) mass is 507 g/mol. The number of nitrogens with two attached hydrogens (primary N) is 2. The van der Waals surface area contributed by atoms with Crippen LogP contribution in [0.5, 0.6) is 0 Å². The van der Waals surface area contributed by atoms with Crippen molar-refractivity contribution < 1.29 is 29.4 Å². The molecule has 9 N–H and O–H groups in total. The molecule has 0 spiro atoms. The highest BCUT2D eigenvalue weighted by Crippen LogP contribution is 2.08. The first kappa shape index (κ1) is 31.0. The minimum Gasteiger partial charge on any atom is -0.480 e. The number of carboxylic acid groups (broad SMARTS) is 1. The molecule has 5 unspecified atom stereocenters. The second kappa shape index (κ2) is 15.9. The Bertz CT molecular complexity index is 849. The summed E-state index contributed by atoms with van der Waals surface area (Å²) >= 11 is 0. The van der Waals surface area contributed by atoms with E-state index in [4.69, 9.17) is 11.5 Å². The van der Waals surface area contributed by atoms with Crippen molar-refractivity contribution in [2.45, 2.75) is 83.1 Å². The van der Waals surface area contributed by atoms with Crippen molar-refractivity contribution in [3.8, 4) is 0 Å². The summed E-state index contributed by atoms with van der Waals surface area (Å²) in [5, 5.41) is 27.3. The topological polar surface area (TPSA) is 197 Å². The van der Waals surface area contributed by atoms with Gasteiger partial charge in [0.25, 0.3) is 0 Å². The lowest BCUT2D eigenvalue weighted by atomic mass is 10.0. The van der Waals surface area contributed by atoms with Crippen molar-refractivity contribution in [1.82, 2.24) is 16.0 Å². The van der Waals surface area contributed by atoms with Crippen molar-refractivity contribution in [2.24, 2.45) is 17.4 Å². The molecule has 0 saturated carbocycles. The average Bonchev–Trinajstić information content (AvgIpc) is 2.81. The molecule has 0 fully saturated rings. The van der Waals surface area contributed by atoms with Crippen LogP contribution in [-0.4, -0.2) is 70.7 Å². The molecule has 0 saturated heterocycles. The van der Waals surface area contributed by atoms with Gasteiger partial charge in [-0.2, -0.15) is 0 Å². The summed E-state index contributed by atoms with van der Waals surface area (Å²) in [5.74, 6) is -3.12. The number of aliphatic hydroxyl groups excluding tert-OH is 1. The maximum absolute atomic E-state index is 13.0. The number of aliphatic carboxylic acids is 1. The lowest BCUT2D eigenvalue weighted by molar-refractivity contribution is -0.142. The van der Waals surface area contributed by atoms with Crippen LogP contribution in [0.2, 0.25) is 0 Å². The molecule has 1 aromatic rings. The van der Waals surface area contributed by atoms with Gasteiger partial charge >= 0.3 is 5.97 Å². The average molecular weight is 508 g/mol. The van der Waals surface area contributed by atoms with Crippen molar-refractivity contribution >= 4 is 23.7 Å². The molecule has 3 amide bonds. The van der Waals surface area contributed by atoms with E-state index in [-0.39, 0.29) is 18.8 Å². The Morgan fingerprint density at radius 3 is 2.03 bits per heavy atom. The van der Waals surface area contributed by atoms with E-state index in [1.54, 1.807) is 30.3 Å². The molecule has 5 atom stereocenters. The van der Waals surface area contributed by atoms with Gasteiger partial charge in [-0.05, 0) is 50.6 Å². The molecule has 1 aromatic carbocycles. The molecule has 1 rings (SSSR count). The van der Waals surface area contributed by atoms with Gasteiger partial charge in [-0.25, -0.2) is 4.79 Å². The number of rotatable bonds is 16. The third kappa shape index (κ3) is 11.1. The first-order valence-electron chi connectivity index (χ1n) is 12.3.